The van der Waals surface area contributed by atoms with Crippen LogP contribution in [0, 0.1) is 10.8 Å². The Hall–Kier alpha value is -2.24. The summed E-state index contributed by atoms with van der Waals surface area (Å²) in [5, 5.41) is 2.03. The van der Waals surface area contributed by atoms with E-state index >= 15 is 0 Å². The molecule has 0 fully saturated rings. The highest BCUT2D eigenvalue weighted by Crippen LogP contribution is 2.27. The lowest BCUT2D eigenvalue weighted by molar-refractivity contribution is -0.174. The summed E-state index contributed by atoms with van der Waals surface area (Å²) in [6, 6.07) is 0. The highest BCUT2D eigenvalue weighted by Gasteiger charge is 2.41. The Labute approximate surface area is 347 Å². The summed E-state index contributed by atoms with van der Waals surface area (Å²) in [5.41, 5.74) is -2.82. The van der Waals surface area contributed by atoms with Crippen LogP contribution in [-0.4, -0.2) is 135 Å². The first-order valence-corrected chi connectivity index (χ1v) is 20.2. The van der Waals surface area contributed by atoms with Gasteiger partial charge in [0, 0.05) is 46.7 Å². The Morgan fingerprint density at radius 3 is 0.759 bits per heavy atom. The van der Waals surface area contributed by atoms with Crippen molar-refractivity contribution in [2.45, 2.75) is 38.5 Å². The van der Waals surface area contributed by atoms with E-state index in [2.05, 4.69) is 75.8 Å². The van der Waals surface area contributed by atoms with E-state index in [-0.39, 0.29) is 138 Å². The standard InChI is InChI=1S/C28H46O13S6.C4H3NO2/c29-21(1-7-42)36-15-27(16-37-22(30)2-8-43,17-38-23(31)3-9-44)13-35-14-28(18-39-24(32)4-10-45,19-40-25(33)5-11-46)20-41-26(34)6-12-47;6-3-1-2-4(7)5-3/h42-47H,1-20H2;1-2H,(H,5,6,7). The minimum Gasteiger partial charge on any atom is -0.465 e. The van der Waals surface area contributed by atoms with Crippen molar-refractivity contribution < 1.29 is 71.5 Å². The highest BCUT2D eigenvalue weighted by molar-refractivity contribution is 7.81. The third kappa shape index (κ3) is 25.0. The van der Waals surface area contributed by atoms with Crippen LogP contribution in [0.1, 0.15) is 38.5 Å². The molecule has 0 saturated heterocycles. The Bertz CT molecular complexity index is 1050. The molecular formula is C32H49NO15S6. The maximum absolute atomic E-state index is 12.3. The number of thiol groups is 6. The van der Waals surface area contributed by atoms with E-state index in [0.29, 0.717) is 0 Å². The predicted octanol–water partition coefficient (Wildman–Crippen LogP) is 1.35. The molecule has 308 valence electrons. The molecule has 16 nitrogen and oxygen atoms in total. The zero-order valence-corrected chi connectivity index (χ0v) is 35.0. The van der Waals surface area contributed by atoms with E-state index in [1.807, 2.05) is 5.32 Å². The Morgan fingerprint density at radius 2 is 0.611 bits per heavy atom. The molecule has 0 spiro atoms. The molecular weight excluding hydrogens is 831 g/mol. The molecule has 22 heteroatoms. The van der Waals surface area contributed by atoms with Crippen LogP contribution in [0.2, 0.25) is 0 Å². The molecule has 1 aliphatic heterocycles. The van der Waals surface area contributed by atoms with Gasteiger partial charge in [0.05, 0.1) is 62.6 Å². The van der Waals surface area contributed by atoms with Gasteiger partial charge in [-0.25, -0.2) is 0 Å². The zero-order valence-electron chi connectivity index (χ0n) is 29.6. The number of imide groups is 1. The Morgan fingerprint density at radius 1 is 0.407 bits per heavy atom. The van der Waals surface area contributed by atoms with Gasteiger partial charge in [-0.1, -0.05) is 0 Å². The number of rotatable bonds is 28. The molecule has 0 saturated carbocycles. The Balaban J connectivity index is 0.00000356. The van der Waals surface area contributed by atoms with E-state index in [1.165, 1.54) is 12.2 Å². The number of hydrogen-bond donors (Lipinski definition) is 7. The largest absolute Gasteiger partial charge is 0.465 e. The third-order valence-electron chi connectivity index (χ3n) is 6.58. The maximum atomic E-state index is 12.3. The van der Waals surface area contributed by atoms with Gasteiger partial charge < -0.3 is 33.2 Å². The average molecular weight is 880 g/mol. The van der Waals surface area contributed by atoms with Crippen molar-refractivity contribution in [3.8, 4) is 0 Å². The van der Waals surface area contributed by atoms with E-state index in [1.54, 1.807) is 0 Å². The van der Waals surface area contributed by atoms with Crippen molar-refractivity contribution in [3.05, 3.63) is 12.2 Å². The second-order valence-corrected chi connectivity index (χ2v) is 14.2. The fourth-order valence-corrected chi connectivity index (χ4v) is 4.82. The van der Waals surface area contributed by atoms with Gasteiger partial charge in [-0.3, -0.25) is 43.7 Å². The first-order chi connectivity index (χ1) is 25.7. The molecule has 2 amide bonds. The second-order valence-electron chi connectivity index (χ2n) is 11.5. The molecule has 0 aromatic heterocycles. The fraction of sp³-hybridized carbons (Fsp3) is 0.688. The summed E-state index contributed by atoms with van der Waals surface area (Å²) in [5.74, 6) is -3.03. The van der Waals surface area contributed by atoms with Gasteiger partial charge in [0.2, 0.25) is 0 Å². The minimum absolute atomic E-state index is 0.0189. The van der Waals surface area contributed by atoms with E-state index in [4.69, 9.17) is 33.2 Å². The highest BCUT2D eigenvalue weighted by atomic mass is 32.1. The van der Waals surface area contributed by atoms with Gasteiger partial charge in [0.1, 0.15) is 39.6 Å². The third-order valence-corrected chi connectivity index (χ3v) is 7.92. The molecule has 1 aliphatic rings. The van der Waals surface area contributed by atoms with Crippen LogP contribution in [0.3, 0.4) is 0 Å². The van der Waals surface area contributed by atoms with Crippen LogP contribution in [0.5, 0.6) is 0 Å². The van der Waals surface area contributed by atoms with Crippen LogP contribution >= 0.6 is 75.8 Å². The molecule has 1 rings (SSSR count). The van der Waals surface area contributed by atoms with Gasteiger partial charge in [-0.15, -0.1) is 0 Å². The maximum Gasteiger partial charge on any atom is 0.306 e. The summed E-state index contributed by atoms with van der Waals surface area (Å²) in [7, 11) is 0. The topological polar surface area (TPSA) is 213 Å². The summed E-state index contributed by atoms with van der Waals surface area (Å²) >= 11 is 24.2. The van der Waals surface area contributed by atoms with Crippen molar-refractivity contribution in [2.75, 3.05) is 87.4 Å². The smallest absolute Gasteiger partial charge is 0.306 e. The van der Waals surface area contributed by atoms with Crippen LogP contribution in [0.15, 0.2) is 12.2 Å². The molecule has 0 bridgehead atoms. The molecule has 0 aliphatic carbocycles. The van der Waals surface area contributed by atoms with Crippen molar-refractivity contribution in [3.63, 3.8) is 0 Å². The minimum atomic E-state index is -1.41. The molecule has 0 atom stereocenters. The van der Waals surface area contributed by atoms with Crippen LogP contribution < -0.4 is 5.32 Å². The van der Waals surface area contributed by atoms with Crippen molar-refractivity contribution in [1.29, 1.82) is 0 Å². The van der Waals surface area contributed by atoms with Crippen LogP contribution in [0.25, 0.3) is 0 Å². The molecule has 0 unspecified atom stereocenters. The molecule has 1 heterocycles. The fourth-order valence-electron chi connectivity index (χ4n) is 3.72. The molecule has 0 radical (unpaired) electrons. The van der Waals surface area contributed by atoms with E-state index in [9.17, 15) is 38.4 Å². The van der Waals surface area contributed by atoms with Gasteiger partial charge in [-0.05, 0) is 0 Å². The normalized spacial score (nSPS) is 12.2. The quantitative estimate of drug-likeness (QED) is 0.0256. The number of carbonyl (C=O) groups is 8. The Kier molecular flexibility index (Phi) is 29.6. The number of carbonyl (C=O) groups excluding carboxylic acids is 8. The number of hydrogen-bond acceptors (Lipinski definition) is 21. The number of amides is 2. The molecule has 0 aromatic rings. The second kappa shape index (κ2) is 30.9. The van der Waals surface area contributed by atoms with Gasteiger partial charge in [0.15, 0.2) is 0 Å². The first kappa shape index (κ1) is 51.8. The van der Waals surface area contributed by atoms with Crippen molar-refractivity contribution in [1.82, 2.24) is 5.32 Å². The predicted molar refractivity (Wildman–Crippen MR) is 215 cm³/mol. The SMILES string of the molecule is O=C(CCS)OCC(COCC(COC(=O)CCS)(COC(=O)CCS)COC(=O)CCS)(COC(=O)CCS)COC(=O)CCS.O=C1C=CC(=O)N1. The number of nitrogens with one attached hydrogen (secondary N) is 1. The zero-order chi connectivity index (χ0) is 40.8. The average Bonchev–Trinajstić information content (AvgIpc) is 3.52. The van der Waals surface area contributed by atoms with Crippen LogP contribution in [0.4, 0.5) is 0 Å². The van der Waals surface area contributed by atoms with Crippen molar-refractivity contribution in [2.24, 2.45) is 10.8 Å². The summed E-state index contributed by atoms with van der Waals surface area (Å²) in [6.45, 7) is -3.02. The van der Waals surface area contributed by atoms with Crippen molar-refractivity contribution >= 4 is 123 Å². The molecule has 54 heavy (non-hydrogen) atoms. The molecule has 0 aromatic carbocycles. The van der Waals surface area contributed by atoms with Gasteiger partial charge >= 0.3 is 35.8 Å². The van der Waals surface area contributed by atoms with E-state index in [0.717, 1.165) is 0 Å². The summed E-state index contributed by atoms with van der Waals surface area (Å²) in [6.07, 6.45) is 2.28. The van der Waals surface area contributed by atoms with E-state index < -0.39 is 46.6 Å². The van der Waals surface area contributed by atoms with Crippen LogP contribution in [-0.2, 0) is 71.5 Å². The number of ether oxygens (including phenoxy) is 7. The lowest BCUT2D eigenvalue weighted by Gasteiger charge is -2.35. The lowest BCUT2D eigenvalue weighted by Crippen LogP contribution is -2.47. The monoisotopic (exact) mass is 879 g/mol. The lowest BCUT2D eigenvalue weighted by atomic mass is 9.90. The number of esters is 6. The summed E-state index contributed by atoms with van der Waals surface area (Å²) in [4.78, 5) is 93.9. The first-order valence-electron chi connectivity index (χ1n) is 16.4. The van der Waals surface area contributed by atoms with Gasteiger partial charge in [-0.2, -0.15) is 75.8 Å². The molecule has 1 N–H and O–H groups in total. The van der Waals surface area contributed by atoms with Gasteiger partial charge in [0.25, 0.3) is 11.8 Å². The summed E-state index contributed by atoms with van der Waals surface area (Å²) < 4.78 is 38.6.